The summed E-state index contributed by atoms with van der Waals surface area (Å²) in [5.74, 6) is -0.107. The Hall–Kier alpha value is -2.10. The quantitative estimate of drug-likeness (QED) is 0.747. The van der Waals surface area contributed by atoms with Crippen molar-refractivity contribution in [2.24, 2.45) is 11.8 Å². The van der Waals surface area contributed by atoms with Crippen molar-refractivity contribution in [1.82, 2.24) is 20.4 Å². The number of nitrogens with zero attached hydrogens (tertiary/aromatic N) is 3. The zero-order valence-electron chi connectivity index (χ0n) is 17.8. The van der Waals surface area contributed by atoms with Gasteiger partial charge in [0.2, 0.25) is 11.8 Å². The monoisotopic (exact) mass is 431 g/mol. The Balaban J connectivity index is 1.51. The van der Waals surface area contributed by atoms with Gasteiger partial charge in [-0.05, 0) is 24.0 Å². The van der Waals surface area contributed by atoms with Gasteiger partial charge in [0.15, 0.2) is 0 Å². The van der Waals surface area contributed by atoms with Crippen molar-refractivity contribution in [3.05, 3.63) is 29.8 Å². The van der Waals surface area contributed by atoms with Crippen molar-refractivity contribution in [3.63, 3.8) is 0 Å². The summed E-state index contributed by atoms with van der Waals surface area (Å²) in [7, 11) is 3.23. The summed E-state index contributed by atoms with van der Waals surface area (Å²) in [4.78, 5) is 43.0. The molecule has 0 bridgehead atoms. The lowest BCUT2D eigenvalue weighted by molar-refractivity contribution is -0.140. The van der Waals surface area contributed by atoms with Gasteiger partial charge in [0, 0.05) is 26.3 Å². The summed E-state index contributed by atoms with van der Waals surface area (Å²) in [5.41, 5.74) is 2.18. The molecule has 9 heteroatoms. The van der Waals surface area contributed by atoms with Crippen molar-refractivity contribution in [3.8, 4) is 0 Å². The van der Waals surface area contributed by atoms with Crippen LogP contribution in [0.25, 0.3) is 0 Å². The number of hydrogen-bond acceptors (Lipinski definition) is 6. The molecule has 8 nitrogen and oxygen atoms in total. The molecule has 4 rings (SSSR count). The van der Waals surface area contributed by atoms with Gasteiger partial charge < -0.3 is 9.80 Å². The molecule has 4 amide bonds. The predicted molar refractivity (Wildman–Crippen MR) is 117 cm³/mol. The maximum atomic E-state index is 13.0. The minimum absolute atomic E-state index is 0.0453. The van der Waals surface area contributed by atoms with Gasteiger partial charge in [-0.15, -0.1) is 11.8 Å². The summed E-state index contributed by atoms with van der Waals surface area (Å²) in [6, 6.07) is 7.68. The average Bonchev–Trinajstić information content (AvgIpc) is 3.18. The van der Waals surface area contributed by atoms with Gasteiger partial charge in [0.05, 0.1) is 29.4 Å². The normalized spacial score (nSPS) is 28.8. The van der Waals surface area contributed by atoms with Gasteiger partial charge in [0.25, 0.3) is 0 Å². The van der Waals surface area contributed by atoms with Gasteiger partial charge in [0.1, 0.15) is 0 Å². The van der Waals surface area contributed by atoms with Crippen molar-refractivity contribution >= 4 is 35.3 Å². The Kier molecular flexibility index (Phi) is 5.78. The lowest BCUT2D eigenvalue weighted by Crippen LogP contribution is -2.75. The molecule has 162 valence electrons. The molecular formula is C21H29N5O3S. The number of imide groups is 1. The molecule has 2 fully saturated rings. The molecule has 0 saturated carbocycles. The number of rotatable bonds is 4. The number of urea groups is 1. The van der Waals surface area contributed by atoms with Crippen LogP contribution in [0.1, 0.15) is 19.4 Å². The van der Waals surface area contributed by atoms with Crippen LogP contribution in [0, 0.1) is 11.8 Å². The van der Waals surface area contributed by atoms with Gasteiger partial charge >= 0.3 is 6.03 Å². The van der Waals surface area contributed by atoms with E-state index in [-0.39, 0.29) is 41.1 Å². The largest absolute Gasteiger partial charge is 0.327 e. The molecule has 0 aliphatic carbocycles. The van der Waals surface area contributed by atoms with Crippen LogP contribution in [-0.2, 0) is 16.0 Å². The van der Waals surface area contributed by atoms with E-state index in [9.17, 15) is 14.4 Å². The Labute approximate surface area is 181 Å². The number of para-hydroxylation sites is 1. The van der Waals surface area contributed by atoms with E-state index in [4.69, 9.17) is 0 Å². The summed E-state index contributed by atoms with van der Waals surface area (Å²) >= 11 is 1.46. The lowest BCUT2D eigenvalue weighted by atomic mass is 9.95. The molecule has 0 aromatic heterocycles. The summed E-state index contributed by atoms with van der Waals surface area (Å²) in [6.07, 6.45) is 0.418. The van der Waals surface area contributed by atoms with Crippen molar-refractivity contribution in [1.29, 1.82) is 0 Å². The second-order valence-electron chi connectivity index (χ2n) is 8.47. The molecule has 2 N–H and O–H groups in total. The molecule has 30 heavy (non-hydrogen) atoms. The molecule has 1 aromatic carbocycles. The Morgan fingerprint density at radius 2 is 1.93 bits per heavy atom. The fraction of sp³-hybridized carbons (Fsp3) is 0.571. The molecule has 4 atom stereocenters. The minimum Gasteiger partial charge on any atom is -0.311 e. The second-order valence-corrected chi connectivity index (χ2v) is 9.60. The summed E-state index contributed by atoms with van der Waals surface area (Å²) in [5, 5.41) is 6.64. The van der Waals surface area contributed by atoms with Crippen molar-refractivity contribution < 1.29 is 14.4 Å². The number of thioether (sulfide) groups is 1. The number of amides is 4. The molecule has 4 unspecified atom stereocenters. The molecular weight excluding hydrogens is 402 g/mol. The Bertz CT molecular complexity index is 863. The van der Waals surface area contributed by atoms with Gasteiger partial charge in [-0.1, -0.05) is 32.0 Å². The van der Waals surface area contributed by atoms with Crippen LogP contribution in [-0.4, -0.2) is 71.7 Å². The van der Waals surface area contributed by atoms with Gasteiger partial charge in [-0.2, -0.15) is 0 Å². The SMILES string of the molecule is CC(C)C1NC(SCC(=O)N2CCc3ccccc32)C2C(=O)N(C)C(=O)N(C)C2N1. The Morgan fingerprint density at radius 1 is 1.20 bits per heavy atom. The van der Waals surface area contributed by atoms with Gasteiger partial charge in [-0.3, -0.25) is 25.1 Å². The predicted octanol–water partition coefficient (Wildman–Crippen LogP) is 1.28. The molecule has 3 heterocycles. The standard InChI is InChI=1S/C21H29N5O3S/c1-12(2)17-22-18-16(20(28)25(4)21(29)24(18)3)19(23-17)30-11-15(27)26-10-9-13-7-5-6-8-14(13)26/h5-8,12,16-19,22-23H,9-11H2,1-4H3. The number of carbonyl (C=O) groups excluding carboxylic acids is 3. The van der Waals surface area contributed by atoms with E-state index in [1.165, 1.54) is 29.3 Å². The van der Waals surface area contributed by atoms with E-state index in [2.05, 4.69) is 30.5 Å². The number of anilines is 1. The van der Waals surface area contributed by atoms with E-state index in [0.717, 1.165) is 12.1 Å². The smallest absolute Gasteiger partial charge is 0.311 e. The van der Waals surface area contributed by atoms with Crippen LogP contribution in [0.5, 0.6) is 0 Å². The van der Waals surface area contributed by atoms with E-state index in [1.54, 1.807) is 11.9 Å². The fourth-order valence-electron chi connectivity index (χ4n) is 4.45. The van der Waals surface area contributed by atoms with Gasteiger partial charge in [-0.25, -0.2) is 4.79 Å². The van der Waals surface area contributed by atoms with Crippen LogP contribution in [0.2, 0.25) is 0 Å². The molecule has 0 spiro atoms. The van der Waals surface area contributed by atoms with E-state index >= 15 is 0 Å². The number of benzene rings is 1. The number of fused-ring (bicyclic) bond motifs is 2. The minimum atomic E-state index is -0.462. The van der Waals surface area contributed by atoms with Crippen LogP contribution < -0.4 is 15.5 Å². The maximum absolute atomic E-state index is 13.0. The maximum Gasteiger partial charge on any atom is 0.327 e. The third-order valence-electron chi connectivity index (χ3n) is 6.22. The second kappa shape index (κ2) is 8.20. The highest BCUT2D eigenvalue weighted by atomic mass is 32.2. The fourth-order valence-corrected chi connectivity index (χ4v) is 5.64. The highest BCUT2D eigenvalue weighted by Gasteiger charge is 2.51. The number of carbonyl (C=O) groups is 3. The first-order chi connectivity index (χ1) is 14.3. The lowest BCUT2D eigenvalue weighted by Gasteiger charge is -2.51. The van der Waals surface area contributed by atoms with E-state index in [0.29, 0.717) is 6.54 Å². The number of nitrogens with one attached hydrogen (secondary N) is 2. The average molecular weight is 432 g/mol. The van der Waals surface area contributed by atoms with Crippen LogP contribution >= 0.6 is 11.8 Å². The number of hydrogen-bond donors (Lipinski definition) is 2. The first-order valence-corrected chi connectivity index (χ1v) is 11.4. The molecule has 1 aromatic rings. The van der Waals surface area contributed by atoms with E-state index in [1.807, 2.05) is 23.1 Å². The first-order valence-electron chi connectivity index (χ1n) is 10.4. The van der Waals surface area contributed by atoms with E-state index < -0.39 is 12.1 Å². The molecule has 3 aliphatic heterocycles. The highest BCUT2D eigenvalue weighted by Crippen LogP contribution is 2.33. The van der Waals surface area contributed by atoms with Crippen LogP contribution in [0.4, 0.5) is 10.5 Å². The molecule has 3 aliphatic rings. The summed E-state index contributed by atoms with van der Waals surface area (Å²) < 4.78 is 0. The summed E-state index contributed by atoms with van der Waals surface area (Å²) in [6.45, 7) is 4.85. The molecule has 2 saturated heterocycles. The highest BCUT2D eigenvalue weighted by molar-refractivity contribution is 8.00. The Morgan fingerprint density at radius 3 is 2.67 bits per heavy atom. The first kappa shape index (κ1) is 21.1. The van der Waals surface area contributed by atoms with Crippen molar-refractivity contribution in [2.75, 3.05) is 31.3 Å². The third-order valence-corrected chi connectivity index (χ3v) is 7.43. The third kappa shape index (κ3) is 3.59. The zero-order valence-corrected chi connectivity index (χ0v) is 18.6. The zero-order chi connectivity index (χ0) is 21.6. The van der Waals surface area contributed by atoms with Crippen molar-refractivity contribution in [2.45, 2.75) is 38.0 Å². The molecule has 0 radical (unpaired) electrons. The van der Waals surface area contributed by atoms with Crippen LogP contribution in [0.3, 0.4) is 0 Å². The van der Waals surface area contributed by atoms with Crippen LogP contribution in [0.15, 0.2) is 24.3 Å². The topological polar surface area (TPSA) is 85.0 Å².